The Labute approximate surface area is 150 Å². The molecule has 1 amide bonds. The average Bonchev–Trinajstić information content (AvgIpc) is 2.58. The normalized spacial score (nSPS) is 12.5. The van der Waals surface area contributed by atoms with Gasteiger partial charge in [0.2, 0.25) is 5.91 Å². The maximum Gasteiger partial charge on any atom is 0.221 e. The highest BCUT2D eigenvalue weighted by Crippen LogP contribution is 2.22. The van der Waals surface area contributed by atoms with Crippen molar-refractivity contribution in [3.05, 3.63) is 30.3 Å². The second-order valence-corrected chi connectivity index (χ2v) is 7.00. The van der Waals surface area contributed by atoms with E-state index < -0.39 is 0 Å². The summed E-state index contributed by atoms with van der Waals surface area (Å²) in [4.78, 5) is 17.5. The Bertz CT molecular complexity index is 493. The number of hydrogen-bond acceptors (Lipinski definition) is 3. The number of carbonyl (C=O) groups excluding carboxylic acids is 1. The van der Waals surface area contributed by atoms with Crippen LogP contribution in [0.1, 0.15) is 33.6 Å². The van der Waals surface area contributed by atoms with E-state index in [9.17, 15) is 4.79 Å². The van der Waals surface area contributed by atoms with Gasteiger partial charge in [0.25, 0.3) is 0 Å². The van der Waals surface area contributed by atoms with E-state index in [0.29, 0.717) is 18.2 Å². The van der Waals surface area contributed by atoms with Gasteiger partial charge in [-0.2, -0.15) is 0 Å². The number of thioether (sulfide) groups is 1. The maximum absolute atomic E-state index is 11.6. The summed E-state index contributed by atoms with van der Waals surface area (Å²) >= 11 is 1.81. The fourth-order valence-corrected chi connectivity index (χ4v) is 2.91. The lowest BCUT2D eigenvalue weighted by Crippen LogP contribution is -2.39. The molecule has 1 aromatic rings. The molecule has 0 heterocycles. The number of guanidine groups is 1. The van der Waals surface area contributed by atoms with Crippen LogP contribution in [-0.2, 0) is 4.79 Å². The third-order valence-corrected chi connectivity index (χ3v) is 4.24. The molecular weight excluding hydrogens is 320 g/mol. The van der Waals surface area contributed by atoms with Crippen LogP contribution in [0, 0.1) is 0 Å². The minimum absolute atomic E-state index is 0.0770. The van der Waals surface area contributed by atoms with Crippen molar-refractivity contribution in [1.82, 2.24) is 16.0 Å². The first kappa shape index (κ1) is 20.4. The summed E-state index contributed by atoms with van der Waals surface area (Å²) in [6.07, 6.45) is 1.42. The number of nitrogens with one attached hydrogen (secondary N) is 3. The number of carbonyl (C=O) groups is 1. The second kappa shape index (κ2) is 12.7. The predicted octanol–water partition coefficient (Wildman–Crippen LogP) is 2.64. The van der Waals surface area contributed by atoms with Crippen molar-refractivity contribution in [1.29, 1.82) is 0 Å². The van der Waals surface area contributed by atoms with Gasteiger partial charge in [-0.3, -0.25) is 9.79 Å². The predicted molar refractivity (Wildman–Crippen MR) is 104 cm³/mol. The zero-order chi connectivity index (χ0) is 17.6. The third-order valence-electron chi connectivity index (χ3n) is 3.15. The smallest absolute Gasteiger partial charge is 0.221 e. The van der Waals surface area contributed by atoms with E-state index in [1.54, 1.807) is 0 Å². The second-order valence-electron chi connectivity index (χ2n) is 5.49. The third kappa shape index (κ3) is 9.45. The zero-order valence-electron chi connectivity index (χ0n) is 15.0. The molecule has 0 fully saturated rings. The molecule has 0 aliphatic carbocycles. The van der Waals surface area contributed by atoms with Crippen LogP contribution in [0.2, 0.25) is 0 Å². The molecular formula is C18H30N4OS. The van der Waals surface area contributed by atoms with E-state index in [1.807, 2.05) is 43.8 Å². The summed E-state index contributed by atoms with van der Waals surface area (Å²) in [6, 6.07) is 10.4. The molecule has 3 N–H and O–H groups in total. The van der Waals surface area contributed by atoms with Gasteiger partial charge in [-0.15, -0.1) is 11.8 Å². The molecule has 0 saturated heterocycles. The summed E-state index contributed by atoms with van der Waals surface area (Å²) in [5.74, 6) is 0.842. The lowest BCUT2D eigenvalue weighted by atomic mass is 10.4. The van der Waals surface area contributed by atoms with Gasteiger partial charge in [0, 0.05) is 36.2 Å². The van der Waals surface area contributed by atoms with Gasteiger partial charge < -0.3 is 16.0 Å². The van der Waals surface area contributed by atoms with Crippen LogP contribution in [0.4, 0.5) is 0 Å². The van der Waals surface area contributed by atoms with Crippen LogP contribution in [0.15, 0.2) is 40.2 Å². The van der Waals surface area contributed by atoms with Gasteiger partial charge in [0.15, 0.2) is 5.96 Å². The molecule has 134 valence electrons. The SMILES string of the molecule is CCCNC(=O)CCNC(=NCC(C)Sc1ccccc1)NCC. The number of nitrogens with zero attached hydrogens (tertiary/aromatic N) is 1. The summed E-state index contributed by atoms with van der Waals surface area (Å²) in [6.45, 7) is 9.09. The number of hydrogen-bond donors (Lipinski definition) is 3. The van der Waals surface area contributed by atoms with Crippen molar-refractivity contribution in [2.45, 2.75) is 43.8 Å². The molecule has 0 bridgehead atoms. The molecule has 0 radical (unpaired) electrons. The average molecular weight is 351 g/mol. The molecule has 1 aromatic carbocycles. The fourth-order valence-electron chi connectivity index (χ4n) is 1.98. The quantitative estimate of drug-likeness (QED) is 0.345. The van der Waals surface area contributed by atoms with Crippen LogP contribution in [0.25, 0.3) is 0 Å². The standard InChI is InChI=1S/C18H30N4OS/c1-4-12-20-17(23)11-13-21-18(19-5-2)22-14-15(3)24-16-9-7-6-8-10-16/h6-10,15H,4-5,11-14H2,1-3H3,(H,20,23)(H2,19,21,22). The van der Waals surface area contributed by atoms with Gasteiger partial charge in [-0.25, -0.2) is 0 Å². The van der Waals surface area contributed by atoms with Crippen molar-refractivity contribution >= 4 is 23.6 Å². The maximum atomic E-state index is 11.6. The van der Waals surface area contributed by atoms with E-state index >= 15 is 0 Å². The highest BCUT2D eigenvalue weighted by Gasteiger charge is 2.05. The minimum atomic E-state index is 0.0770. The lowest BCUT2D eigenvalue weighted by Gasteiger charge is -2.13. The summed E-state index contributed by atoms with van der Waals surface area (Å²) in [5.41, 5.74) is 0. The van der Waals surface area contributed by atoms with Crippen molar-refractivity contribution in [2.24, 2.45) is 4.99 Å². The van der Waals surface area contributed by atoms with Crippen LogP contribution < -0.4 is 16.0 Å². The van der Waals surface area contributed by atoms with Crippen molar-refractivity contribution in [3.8, 4) is 0 Å². The monoisotopic (exact) mass is 350 g/mol. The van der Waals surface area contributed by atoms with Gasteiger partial charge in [-0.05, 0) is 25.5 Å². The Balaban J connectivity index is 2.37. The molecule has 24 heavy (non-hydrogen) atoms. The summed E-state index contributed by atoms with van der Waals surface area (Å²) in [7, 11) is 0. The summed E-state index contributed by atoms with van der Waals surface area (Å²) < 4.78 is 0. The highest BCUT2D eigenvalue weighted by molar-refractivity contribution is 8.00. The van der Waals surface area contributed by atoms with E-state index in [-0.39, 0.29) is 5.91 Å². The van der Waals surface area contributed by atoms with Crippen LogP contribution >= 0.6 is 11.8 Å². The Hall–Kier alpha value is -1.69. The first-order valence-corrected chi connectivity index (χ1v) is 9.54. The van der Waals surface area contributed by atoms with Gasteiger partial charge >= 0.3 is 0 Å². The molecule has 1 atom stereocenters. The van der Waals surface area contributed by atoms with Crippen LogP contribution in [0.3, 0.4) is 0 Å². The van der Waals surface area contributed by atoms with Gasteiger partial charge in [-0.1, -0.05) is 32.0 Å². The van der Waals surface area contributed by atoms with Crippen molar-refractivity contribution in [2.75, 3.05) is 26.2 Å². The molecule has 1 unspecified atom stereocenters. The first-order valence-electron chi connectivity index (χ1n) is 8.66. The minimum Gasteiger partial charge on any atom is -0.357 e. The Morgan fingerprint density at radius 1 is 1.12 bits per heavy atom. The molecule has 1 rings (SSSR count). The van der Waals surface area contributed by atoms with Crippen molar-refractivity contribution in [3.63, 3.8) is 0 Å². The lowest BCUT2D eigenvalue weighted by molar-refractivity contribution is -0.120. The van der Waals surface area contributed by atoms with Crippen molar-refractivity contribution < 1.29 is 4.79 Å². The van der Waals surface area contributed by atoms with Crippen LogP contribution in [-0.4, -0.2) is 43.3 Å². The molecule has 5 nitrogen and oxygen atoms in total. The Kier molecular flexibility index (Phi) is 10.8. The zero-order valence-corrected chi connectivity index (χ0v) is 15.8. The molecule has 0 aliphatic rings. The number of aliphatic imine (C=N–C) groups is 1. The Morgan fingerprint density at radius 3 is 2.54 bits per heavy atom. The highest BCUT2D eigenvalue weighted by atomic mass is 32.2. The van der Waals surface area contributed by atoms with E-state index in [4.69, 9.17) is 0 Å². The van der Waals surface area contributed by atoms with Gasteiger partial charge in [0.05, 0.1) is 6.54 Å². The molecule has 0 saturated carbocycles. The fraction of sp³-hybridized carbons (Fsp3) is 0.556. The Morgan fingerprint density at radius 2 is 1.88 bits per heavy atom. The van der Waals surface area contributed by atoms with E-state index in [0.717, 1.165) is 32.0 Å². The van der Waals surface area contributed by atoms with Crippen LogP contribution in [0.5, 0.6) is 0 Å². The molecule has 0 aromatic heterocycles. The number of benzene rings is 1. The summed E-state index contributed by atoms with van der Waals surface area (Å²) in [5, 5.41) is 9.69. The number of rotatable bonds is 10. The molecule has 0 aliphatic heterocycles. The molecule has 0 spiro atoms. The number of amides is 1. The first-order chi connectivity index (χ1) is 11.7. The van der Waals surface area contributed by atoms with Gasteiger partial charge in [0.1, 0.15) is 0 Å². The van der Waals surface area contributed by atoms with E-state index in [2.05, 4.69) is 40.0 Å². The van der Waals surface area contributed by atoms with E-state index in [1.165, 1.54) is 4.90 Å². The largest absolute Gasteiger partial charge is 0.357 e. The molecule has 6 heteroatoms. The topological polar surface area (TPSA) is 65.5 Å².